The van der Waals surface area contributed by atoms with E-state index in [1.165, 1.54) is 6.33 Å². The number of phosphoric ester groups is 1. The van der Waals surface area contributed by atoms with Crippen LogP contribution >= 0.6 is 7.82 Å². The van der Waals surface area contributed by atoms with Crippen molar-refractivity contribution in [2.24, 2.45) is 0 Å². The van der Waals surface area contributed by atoms with Crippen LogP contribution in [0.3, 0.4) is 0 Å². The zero-order chi connectivity index (χ0) is 16.3. The Bertz CT molecular complexity index is 723. The van der Waals surface area contributed by atoms with Crippen LogP contribution in [0.5, 0.6) is 0 Å². The molecule has 22 heavy (non-hydrogen) atoms. The van der Waals surface area contributed by atoms with Crippen molar-refractivity contribution < 1.29 is 23.7 Å². The molecule has 0 spiro atoms. The van der Waals surface area contributed by atoms with E-state index < -0.39 is 13.7 Å². The van der Waals surface area contributed by atoms with E-state index >= 15 is 0 Å². The van der Waals surface area contributed by atoms with Gasteiger partial charge in [0, 0.05) is 5.69 Å². The Morgan fingerprint density at radius 1 is 1.45 bits per heavy atom. The first-order valence-corrected chi connectivity index (χ1v) is 8.13. The van der Waals surface area contributed by atoms with Gasteiger partial charge in [-0.2, -0.15) is 5.10 Å². The minimum absolute atomic E-state index is 0.195. The number of fused-ring (bicyclic) bond motifs is 1. The number of anilines is 1. The Hall–Kier alpha value is -1.80. The molecule has 2 heterocycles. The highest BCUT2D eigenvalue weighted by Crippen LogP contribution is 2.35. The monoisotopic (exact) mass is 328 g/mol. The molecule has 0 aliphatic rings. The molecule has 10 heteroatoms. The average Bonchev–Trinajstić information content (AvgIpc) is 2.82. The lowest BCUT2D eigenvalue weighted by molar-refractivity contribution is -0.116. The van der Waals surface area contributed by atoms with E-state index in [1.807, 2.05) is 19.9 Å². The number of rotatable bonds is 6. The first kappa shape index (κ1) is 16.6. The van der Waals surface area contributed by atoms with Crippen LogP contribution in [0, 0.1) is 0 Å². The number of carbonyl (C=O) groups is 1. The average molecular weight is 328 g/mol. The van der Waals surface area contributed by atoms with E-state index in [2.05, 4.69) is 19.9 Å². The topological polar surface area (TPSA) is 126 Å². The number of amides is 1. The summed E-state index contributed by atoms with van der Waals surface area (Å²) in [6.45, 7) is 3.68. The van der Waals surface area contributed by atoms with E-state index in [0.29, 0.717) is 11.3 Å². The lowest BCUT2D eigenvalue weighted by Gasteiger charge is -2.09. The summed E-state index contributed by atoms with van der Waals surface area (Å²) < 4.78 is 16.5. The van der Waals surface area contributed by atoms with E-state index in [0.717, 1.165) is 5.69 Å². The second-order valence-electron chi connectivity index (χ2n) is 4.94. The fourth-order valence-corrected chi connectivity index (χ4v) is 2.27. The van der Waals surface area contributed by atoms with Crippen molar-refractivity contribution in [2.45, 2.75) is 26.2 Å². The Kier molecular flexibility index (Phi) is 4.92. The number of carbonyl (C=O) groups excluding carboxylic acids is 1. The van der Waals surface area contributed by atoms with Gasteiger partial charge >= 0.3 is 7.82 Å². The molecular weight excluding hydrogens is 311 g/mol. The predicted molar refractivity (Wildman–Crippen MR) is 78.3 cm³/mol. The van der Waals surface area contributed by atoms with Crippen LogP contribution in [0.1, 0.15) is 31.9 Å². The Balaban J connectivity index is 2.08. The van der Waals surface area contributed by atoms with Crippen molar-refractivity contribution in [1.82, 2.24) is 14.6 Å². The zero-order valence-corrected chi connectivity index (χ0v) is 13.0. The van der Waals surface area contributed by atoms with Gasteiger partial charge in [-0.3, -0.25) is 9.32 Å². The molecular formula is C12H17N4O5P. The molecule has 120 valence electrons. The number of nitrogens with zero attached hydrogens (tertiary/aromatic N) is 3. The van der Waals surface area contributed by atoms with Gasteiger partial charge in [0.1, 0.15) is 11.8 Å². The fourth-order valence-electron chi connectivity index (χ4n) is 1.94. The molecule has 0 radical (unpaired) electrons. The molecule has 0 fully saturated rings. The predicted octanol–water partition coefficient (Wildman–Crippen LogP) is 1.29. The fraction of sp³-hybridized carbons (Fsp3) is 0.417. The first-order valence-electron chi connectivity index (χ1n) is 6.60. The van der Waals surface area contributed by atoms with Gasteiger partial charge in [0.2, 0.25) is 5.91 Å². The summed E-state index contributed by atoms with van der Waals surface area (Å²) in [6.07, 6.45) is 1.14. The maximum atomic E-state index is 11.8. The van der Waals surface area contributed by atoms with Crippen LogP contribution in [0.15, 0.2) is 18.5 Å². The van der Waals surface area contributed by atoms with Crippen molar-refractivity contribution in [3.8, 4) is 0 Å². The second-order valence-corrected chi connectivity index (χ2v) is 6.18. The summed E-state index contributed by atoms with van der Waals surface area (Å²) in [5.74, 6) is 0.141. The summed E-state index contributed by atoms with van der Waals surface area (Å²) in [4.78, 5) is 32.9. The molecule has 2 rings (SSSR count). The molecule has 0 saturated heterocycles. The second kappa shape index (κ2) is 6.53. The van der Waals surface area contributed by atoms with Gasteiger partial charge in [-0.25, -0.2) is 14.1 Å². The largest absolute Gasteiger partial charge is 0.469 e. The molecule has 0 bridgehead atoms. The standard InChI is InChI=1S/C12H17N4O5P/c1-8(2)9-3-4-10-12(13-7-14-16(9)10)15-11(17)5-6-21-22(18,19)20/h3-4,7-8H,5-6H2,1-2H3,(H2,18,19,20)(H,13,14,15,17). The zero-order valence-electron chi connectivity index (χ0n) is 12.1. The molecule has 2 aromatic rings. The van der Waals surface area contributed by atoms with Gasteiger partial charge in [-0.15, -0.1) is 0 Å². The molecule has 2 aromatic heterocycles. The third-order valence-electron chi connectivity index (χ3n) is 2.92. The van der Waals surface area contributed by atoms with Crippen LogP contribution in [0.2, 0.25) is 0 Å². The minimum Gasteiger partial charge on any atom is -0.309 e. The number of nitrogens with one attached hydrogen (secondary N) is 1. The summed E-state index contributed by atoms with van der Waals surface area (Å²) >= 11 is 0. The highest BCUT2D eigenvalue weighted by molar-refractivity contribution is 7.46. The minimum atomic E-state index is -4.56. The SMILES string of the molecule is CC(C)c1ccc2c(NC(=O)CCOP(=O)(O)O)ncnn12. The molecule has 1 amide bonds. The van der Waals surface area contributed by atoms with Gasteiger partial charge in [0.15, 0.2) is 5.82 Å². The van der Waals surface area contributed by atoms with Gasteiger partial charge in [0.05, 0.1) is 13.0 Å². The van der Waals surface area contributed by atoms with Gasteiger partial charge in [-0.1, -0.05) is 13.8 Å². The highest BCUT2D eigenvalue weighted by Gasteiger charge is 2.16. The summed E-state index contributed by atoms with van der Waals surface area (Å²) in [7, 11) is -4.56. The number of aromatic nitrogens is 3. The van der Waals surface area contributed by atoms with Crippen molar-refractivity contribution in [2.75, 3.05) is 11.9 Å². The van der Waals surface area contributed by atoms with E-state index in [-0.39, 0.29) is 18.9 Å². The quantitative estimate of drug-likeness (QED) is 0.682. The Morgan fingerprint density at radius 3 is 2.82 bits per heavy atom. The van der Waals surface area contributed by atoms with Gasteiger partial charge < -0.3 is 15.1 Å². The van der Waals surface area contributed by atoms with Crippen molar-refractivity contribution >= 4 is 25.1 Å². The molecule has 0 aromatic carbocycles. The lowest BCUT2D eigenvalue weighted by atomic mass is 10.1. The first-order chi connectivity index (χ1) is 10.3. The normalized spacial score (nSPS) is 12.0. The van der Waals surface area contributed by atoms with Gasteiger partial charge in [-0.05, 0) is 18.1 Å². The van der Waals surface area contributed by atoms with Crippen molar-refractivity contribution in [3.05, 3.63) is 24.2 Å². The van der Waals surface area contributed by atoms with Crippen LogP contribution in [0.25, 0.3) is 5.52 Å². The molecule has 0 aliphatic carbocycles. The summed E-state index contributed by atoms with van der Waals surface area (Å²) in [6, 6.07) is 3.71. The van der Waals surface area contributed by atoms with Crippen molar-refractivity contribution in [3.63, 3.8) is 0 Å². The third-order valence-corrected chi connectivity index (χ3v) is 3.44. The van der Waals surface area contributed by atoms with Crippen LogP contribution in [-0.2, 0) is 13.9 Å². The highest BCUT2D eigenvalue weighted by atomic mass is 31.2. The maximum absolute atomic E-state index is 11.8. The van der Waals surface area contributed by atoms with Crippen LogP contribution in [-0.4, -0.2) is 36.9 Å². The summed E-state index contributed by atoms with van der Waals surface area (Å²) in [5.41, 5.74) is 1.63. The number of phosphoric acid groups is 1. The molecule has 3 N–H and O–H groups in total. The van der Waals surface area contributed by atoms with Crippen LogP contribution in [0.4, 0.5) is 5.82 Å². The van der Waals surface area contributed by atoms with E-state index in [4.69, 9.17) is 9.79 Å². The molecule has 0 unspecified atom stereocenters. The van der Waals surface area contributed by atoms with E-state index in [1.54, 1.807) is 10.6 Å². The van der Waals surface area contributed by atoms with Crippen molar-refractivity contribution in [1.29, 1.82) is 0 Å². The molecule has 0 atom stereocenters. The van der Waals surface area contributed by atoms with Gasteiger partial charge in [0.25, 0.3) is 0 Å². The Labute approximate surface area is 126 Å². The third kappa shape index (κ3) is 4.11. The smallest absolute Gasteiger partial charge is 0.309 e. The molecule has 9 nitrogen and oxygen atoms in total. The lowest BCUT2D eigenvalue weighted by Crippen LogP contribution is -2.16. The number of hydrogen-bond donors (Lipinski definition) is 3. The molecule has 0 aliphatic heterocycles. The number of hydrogen-bond acceptors (Lipinski definition) is 5. The van der Waals surface area contributed by atoms with E-state index in [9.17, 15) is 9.36 Å². The Morgan fingerprint density at radius 2 is 2.18 bits per heavy atom. The summed E-state index contributed by atoms with van der Waals surface area (Å²) in [5, 5.41) is 6.73. The van der Waals surface area contributed by atoms with Crippen LogP contribution < -0.4 is 5.32 Å². The maximum Gasteiger partial charge on any atom is 0.469 e. The molecule has 0 saturated carbocycles.